The first-order valence-electron chi connectivity index (χ1n) is 10.2. The molecular weight excluding hydrogens is 386 g/mol. The summed E-state index contributed by atoms with van der Waals surface area (Å²) >= 11 is 1.39. The van der Waals surface area contributed by atoms with E-state index in [1.807, 2.05) is 29.2 Å². The number of nitrogens with zero attached hydrogens (tertiary/aromatic N) is 3. The van der Waals surface area contributed by atoms with Crippen LogP contribution < -0.4 is 10.3 Å². The zero-order valence-corrected chi connectivity index (χ0v) is 18.1. The number of aromatic nitrogens is 1. The number of thiophene rings is 1. The van der Waals surface area contributed by atoms with Gasteiger partial charge in [-0.25, -0.2) is 0 Å². The Bertz CT molecular complexity index is 1110. The lowest BCUT2D eigenvalue weighted by Gasteiger charge is -2.32. The molecule has 1 amide bonds. The summed E-state index contributed by atoms with van der Waals surface area (Å²) in [6, 6.07) is 7.84. The molecule has 1 saturated heterocycles. The molecule has 0 radical (unpaired) electrons. The molecule has 4 rings (SSSR count). The highest BCUT2D eigenvalue weighted by Crippen LogP contribution is 2.40. The lowest BCUT2D eigenvalue weighted by atomic mass is 10.1. The molecule has 1 aliphatic rings. The number of hydrogen-bond acceptors (Lipinski definition) is 5. The first-order valence-corrected chi connectivity index (χ1v) is 11.0. The van der Waals surface area contributed by atoms with Gasteiger partial charge < -0.3 is 19.1 Å². The maximum absolute atomic E-state index is 13.4. The molecule has 6 nitrogen and oxygen atoms in total. The number of piperazine rings is 1. The summed E-state index contributed by atoms with van der Waals surface area (Å²) in [6.07, 6.45) is 1.87. The van der Waals surface area contributed by atoms with Gasteiger partial charge >= 0.3 is 0 Å². The normalized spacial score (nSPS) is 15.3. The zero-order chi connectivity index (χ0) is 20.5. The van der Waals surface area contributed by atoms with E-state index >= 15 is 0 Å². The molecule has 0 spiro atoms. The van der Waals surface area contributed by atoms with Crippen molar-refractivity contribution in [1.29, 1.82) is 0 Å². The van der Waals surface area contributed by atoms with Crippen LogP contribution in [0.25, 0.3) is 21.0 Å². The topological polar surface area (TPSA) is 54.8 Å². The van der Waals surface area contributed by atoms with Gasteiger partial charge in [-0.05, 0) is 19.5 Å². The number of carbonyl (C=O) groups excluding carboxylic acids is 1. The first-order chi connectivity index (χ1) is 14.0. The van der Waals surface area contributed by atoms with Crippen molar-refractivity contribution < 1.29 is 9.53 Å². The van der Waals surface area contributed by atoms with Gasteiger partial charge in [0.25, 0.3) is 11.5 Å². The highest BCUT2D eigenvalue weighted by atomic mass is 32.1. The Morgan fingerprint density at radius 3 is 2.59 bits per heavy atom. The van der Waals surface area contributed by atoms with Crippen LogP contribution in [0.3, 0.4) is 0 Å². The predicted molar refractivity (Wildman–Crippen MR) is 118 cm³/mol. The average molecular weight is 414 g/mol. The molecule has 3 heterocycles. The minimum Gasteiger partial charge on any atom is -0.491 e. The number of likely N-dealkylation sites (N-methyl/N-ethyl adjacent to an activating group) is 1. The number of benzene rings is 1. The van der Waals surface area contributed by atoms with E-state index in [0.29, 0.717) is 35.7 Å². The summed E-state index contributed by atoms with van der Waals surface area (Å²) in [7, 11) is 3.84. The van der Waals surface area contributed by atoms with Gasteiger partial charge in [-0.1, -0.05) is 31.5 Å². The second-order valence-corrected chi connectivity index (χ2v) is 8.66. The number of carbonyl (C=O) groups is 1. The highest BCUT2D eigenvalue weighted by Gasteiger charge is 2.29. The van der Waals surface area contributed by atoms with Crippen LogP contribution in [-0.4, -0.2) is 60.1 Å². The minimum absolute atomic E-state index is 0.0306. The maximum atomic E-state index is 13.4. The van der Waals surface area contributed by atoms with E-state index in [4.69, 9.17) is 4.74 Å². The molecule has 1 fully saturated rings. The third-order valence-electron chi connectivity index (χ3n) is 5.62. The quantitative estimate of drug-likeness (QED) is 0.602. The van der Waals surface area contributed by atoms with Gasteiger partial charge in [0, 0.05) is 38.6 Å². The first kappa shape index (κ1) is 19.9. The highest BCUT2D eigenvalue weighted by molar-refractivity contribution is 7.22. The second-order valence-electron chi connectivity index (χ2n) is 7.64. The van der Waals surface area contributed by atoms with Crippen molar-refractivity contribution in [2.24, 2.45) is 7.05 Å². The van der Waals surface area contributed by atoms with Crippen LogP contribution >= 0.6 is 11.3 Å². The van der Waals surface area contributed by atoms with E-state index in [9.17, 15) is 9.59 Å². The van der Waals surface area contributed by atoms with E-state index in [2.05, 4.69) is 18.9 Å². The van der Waals surface area contributed by atoms with Crippen molar-refractivity contribution in [2.75, 3.05) is 39.8 Å². The molecule has 7 heteroatoms. The van der Waals surface area contributed by atoms with Crippen LogP contribution in [0.15, 0.2) is 29.1 Å². The van der Waals surface area contributed by atoms with Crippen LogP contribution in [0.5, 0.6) is 5.75 Å². The van der Waals surface area contributed by atoms with E-state index in [1.165, 1.54) is 11.3 Å². The fourth-order valence-electron chi connectivity index (χ4n) is 3.79. The van der Waals surface area contributed by atoms with Crippen LogP contribution in [0.1, 0.15) is 29.4 Å². The third-order valence-corrected chi connectivity index (χ3v) is 6.81. The number of pyridine rings is 1. The van der Waals surface area contributed by atoms with Crippen molar-refractivity contribution >= 4 is 38.2 Å². The Hall–Kier alpha value is -2.38. The van der Waals surface area contributed by atoms with Gasteiger partial charge in [-0.2, -0.15) is 0 Å². The zero-order valence-electron chi connectivity index (χ0n) is 17.2. The third kappa shape index (κ3) is 3.53. The monoisotopic (exact) mass is 413 g/mol. The van der Waals surface area contributed by atoms with E-state index in [0.717, 1.165) is 41.5 Å². The van der Waals surface area contributed by atoms with Gasteiger partial charge in [0.05, 0.1) is 16.8 Å². The lowest BCUT2D eigenvalue weighted by molar-refractivity contribution is 0.0665. The number of ether oxygens (including phenoxy) is 1. The second kappa shape index (κ2) is 8.16. The Morgan fingerprint density at radius 1 is 1.14 bits per heavy atom. The van der Waals surface area contributed by atoms with Gasteiger partial charge in [0.2, 0.25) is 0 Å². The van der Waals surface area contributed by atoms with E-state index in [-0.39, 0.29) is 11.5 Å². The van der Waals surface area contributed by atoms with Crippen LogP contribution in [0, 0.1) is 0 Å². The smallest absolute Gasteiger partial charge is 0.267 e. The number of para-hydroxylation sites is 1. The summed E-state index contributed by atoms with van der Waals surface area (Å²) in [6.45, 7) is 5.69. The summed E-state index contributed by atoms with van der Waals surface area (Å²) in [5.41, 5.74) is 0.754. The number of fused-ring (bicyclic) bond motifs is 3. The number of rotatable bonds is 5. The number of hydrogen-bond donors (Lipinski definition) is 0. The molecule has 1 aliphatic heterocycles. The molecule has 154 valence electrons. The van der Waals surface area contributed by atoms with E-state index in [1.54, 1.807) is 11.6 Å². The molecule has 29 heavy (non-hydrogen) atoms. The largest absolute Gasteiger partial charge is 0.491 e. The van der Waals surface area contributed by atoms with Crippen LogP contribution in [0.2, 0.25) is 0 Å². The van der Waals surface area contributed by atoms with Gasteiger partial charge in [-0.3, -0.25) is 9.59 Å². The molecule has 0 aliphatic carbocycles. The fourth-order valence-corrected chi connectivity index (χ4v) is 5.02. The average Bonchev–Trinajstić information content (AvgIpc) is 3.12. The molecule has 1 aromatic carbocycles. The molecule has 2 aromatic heterocycles. The standard InChI is InChI=1S/C22H27N3O3S/c1-4-5-14-28-18-17-19(15-8-6-7-9-16(15)24(3)21(17)26)29-20(18)22(27)25-12-10-23(2)11-13-25/h6-9H,4-5,10-14H2,1-3H3. The Morgan fingerprint density at radius 2 is 1.86 bits per heavy atom. The summed E-state index contributed by atoms with van der Waals surface area (Å²) < 4.78 is 8.58. The Labute approximate surface area is 174 Å². The van der Waals surface area contributed by atoms with Crippen molar-refractivity contribution in [3.05, 3.63) is 39.5 Å². The maximum Gasteiger partial charge on any atom is 0.267 e. The van der Waals surface area contributed by atoms with Gasteiger partial charge in [0.15, 0.2) is 5.75 Å². The molecule has 3 aromatic rings. The Kier molecular flexibility index (Phi) is 5.61. The predicted octanol–water partition coefficient (Wildman–Crippen LogP) is 3.32. The van der Waals surface area contributed by atoms with Crippen molar-refractivity contribution in [3.63, 3.8) is 0 Å². The molecule has 0 N–H and O–H groups in total. The lowest BCUT2D eigenvalue weighted by Crippen LogP contribution is -2.47. The minimum atomic E-state index is -0.112. The fraction of sp³-hybridized carbons (Fsp3) is 0.455. The van der Waals surface area contributed by atoms with Gasteiger partial charge in [0.1, 0.15) is 10.3 Å². The molecule has 0 bridgehead atoms. The summed E-state index contributed by atoms with van der Waals surface area (Å²) in [5.74, 6) is 0.436. The SMILES string of the molecule is CCCCOc1c(C(=O)N2CCN(C)CC2)sc2c1c(=O)n(C)c1ccccc21. The molecule has 0 atom stereocenters. The van der Waals surface area contributed by atoms with Gasteiger partial charge in [-0.15, -0.1) is 11.3 Å². The number of aryl methyl sites for hydroxylation is 1. The van der Waals surface area contributed by atoms with Crippen molar-refractivity contribution in [1.82, 2.24) is 14.4 Å². The van der Waals surface area contributed by atoms with Crippen LogP contribution in [-0.2, 0) is 7.05 Å². The van der Waals surface area contributed by atoms with Crippen molar-refractivity contribution in [2.45, 2.75) is 19.8 Å². The van der Waals surface area contributed by atoms with Crippen molar-refractivity contribution in [3.8, 4) is 5.75 Å². The summed E-state index contributed by atoms with van der Waals surface area (Å²) in [5, 5.41) is 1.51. The summed E-state index contributed by atoms with van der Waals surface area (Å²) in [4.78, 5) is 31.2. The Balaban J connectivity index is 1.89. The van der Waals surface area contributed by atoms with E-state index < -0.39 is 0 Å². The number of unbranched alkanes of at least 4 members (excludes halogenated alkanes) is 1. The molecular formula is C22H27N3O3S. The molecule has 0 unspecified atom stereocenters. The van der Waals surface area contributed by atoms with Crippen LogP contribution in [0.4, 0.5) is 0 Å². The number of amides is 1. The molecule has 0 saturated carbocycles.